The monoisotopic (exact) mass is 261 g/mol. The first-order valence-corrected chi connectivity index (χ1v) is 7.77. The molecule has 1 N–H and O–H groups in total. The lowest BCUT2D eigenvalue weighted by molar-refractivity contribution is 0.210. The summed E-state index contributed by atoms with van der Waals surface area (Å²) in [5.41, 5.74) is 1.38. The number of hydrogen-bond donors (Lipinski definition) is 1. The molecule has 1 fully saturated rings. The van der Waals surface area contributed by atoms with Crippen molar-refractivity contribution in [3.8, 4) is 5.75 Å². The average molecular weight is 261 g/mol. The number of hydrogen-bond acceptors (Lipinski definition) is 2. The van der Waals surface area contributed by atoms with Gasteiger partial charge in [-0.2, -0.15) is 0 Å². The van der Waals surface area contributed by atoms with E-state index in [0.717, 1.165) is 18.7 Å². The summed E-state index contributed by atoms with van der Waals surface area (Å²) >= 11 is 0. The third-order valence-corrected chi connectivity index (χ3v) is 3.81. The molecule has 2 heteroatoms. The Hall–Kier alpha value is -1.02. The first-order valence-electron chi connectivity index (χ1n) is 7.77. The Kier molecular flexibility index (Phi) is 5.71. The molecule has 1 atom stereocenters. The summed E-state index contributed by atoms with van der Waals surface area (Å²) in [4.78, 5) is 0. The van der Waals surface area contributed by atoms with Gasteiger partial charge in [0.25, 0.3) is 0 Å². The molecule has 0 aromatic heterocycles. The predicted molar refractivity (Wildman–Crippen MR) is 80.8 cm³/mol. The number of nitrogens with one attached hydrogen (secondary N) is 1. The van der Waals surface area contributed by atoms with Crippen molar-refractivity contribution in [1.82, 2.24) is 5.32 Å². The van der Waals surface area contributed by atoms with E-state index in [1.54, 1.807) is 0 Å². The molecule has 1 aromatic carbocycles. The highest BCUT2D eigenvalue weighted by molar-refractivity contribution is 5.28. The molecule has 0 radical (unpaired) electrons. The zero-order valence-electron chi connectivity index (χ0n) is 12.3. The molecule has 1 aliphatic carbocycles. The Labute approximate surface area is 117 Å². The van der Waals surface area contributed by atoms with E-state index in [1.807, 2.05) is 0 Å². The van der Waals surface area contributed by atoms with Gasteiger partial charge in [-0.05, 0) is 69.7 Å². The van der Waals surface area contributed by atoms with E-state index < -0.39 is 0 Å². The summed E-state index contributed by atoms with van der Waals surface area (Å²) in [5, 5.41) is 3.52. The first kappa shape index (κ1) is 14.4. The SMILES string of the molecule is CCCNC(C)Cc1ccc(OC2CCCC2)cc1. The van der Waals surface area contributed by atoms with Crippen LogP contribution in [0.1, 0.15) is 51.5 Å². The molecular weight excluding hydrogens is 234 g/mol. The van der Waals surface area contributed by atoms with Gasteiger partial charge in [-0.3, -0.25) is 0 Å². The largest absolute Gasteiger partial charge is 0.490 e. The van der Waals surface area contributed by atoms with E-state index in [4.69, 9.17) is 4.74 Å². The quantitative estimate of drug-likeness (QED) is 0.802. The van der Waals surface area contributed by atoms with Crippen molar-refractivity contribution in [2.75, 3.05) is 6.54 Å². The molecule has 19 heavy (non-hydrogen) atoms. The van der Waals surface area contributed by atoms with Crippen molar-refractivity contribution >= 4 is 0 Å². The van der Waals surface area contributed by atoms with Crippen LogP contribution in [0, 0.1) is 0 Å². The minimum atomic E-state index is 0.455. The second-order valence-corrected chi connectivity index (χ2v) is 5.73. The van der Waals surface area contributed by atoms with E-state index in [0.29, 0.717) is 12.1 Å². The smallest absolute Gasteiger partial charge is 0.119 e. The number of ether oxygens (including phenoxy) is 1. The van der Waals surface area contributed by atoms with Gasteiger partial charge in [0.05, 0.1) is 6.10 Å². The molecule has 0 saturated heterocycles. The van der Waals surface area contributed by atoms with Crippen LogP contribution in [0.4, 0.5) is 0 Å². The zero-order valence-corrected chi connectivity index (χ0v) is 12.3. The second-order valence-electron chi connectivity index (χ2n) is 5.73. The minimum absolute atomic E-state index is 0.455. The van der Waals surface area contributed by atoms with Gasteiger partial charge >= 0.3 is 0 Å². The van der Waals surface area contributed by atoms with Crippen LogP contribution in [0.5, 0.6) is 5.75 Å². The topological polar surface area (TPSA) is 21.3 Å². The van der Waals surface area contributed by atoms with Gasteiger partial charge in [0, 0.05) is 6.04 Å². The Balaban J connectivity index is 1.80. The van der Waals surface area contributed by atoms with Crippen molar-refractivity contribution in [3.05, 3.63) is 29.8 Å². The lowest BCUT2D eigenvalue weighted by atomic mass is 10.1. The van der Waals surface area contributed by atoms with Crippen LogP contribution in [0.3, 0.4) is 0 Å². The highest BCUT2D eigenvalue weighted by Crippen LogP contribution is 2.24. The van der Waals surface area contributed by atoms with Gasteiger partial charge in [-0.25, -0.2) is 0 Å². The molecule has 2 nitrogen and oxygen atoms in total. The Morgan fingerprint density at radius 3 is 2.53 bits per heavy atom. The number of rotatable bonds is 7. The normalized spacial score (nSPS) is 17.6. The van der Waals surface area contributed by atoms with Crippen LogP contribution >= 0.6 is 0 Å². The first-order chi connectivity index (χ1) is 9.28. The van der Waals surface area contributed by atoms with Crippen LogP contribution in [0.25, 0.3) is 0 Å². The fraction of sp³-hybridized carbons (Fsp3) is 0.647. The maximum atomic E-state index is 5.98. The van der Waals surface area contributed by atoms with Crippen molar-refractivity contribution in [2.24, 2.45) is 0 Å². The van der Waals surface area contributed by atoms with Gasteiger partial charge < -0.3 is 10.1 Å². The van der Waals surface area contributed by atoms with Crippen molar-refractivity contribution in [1.29, 1.82) is 0 Å². The minimum Gasteiger partial charge on any atom is -0.490 e. The molecule has 0 amide bonds. The summed E-state index contributed by atoms with van der Waals surface area (Å²) in [6, 6.07) is 9.20. The average Bonchev–Trinajstić information content (AvgIpc) is 2.91. The molecule has 2 rings (SSSR count). The molecule has 106 valence electrons. The summed E-state index contributed by atoms with van der Waals surface area (Å²) in [6.07, 6.45) is 7.82. The molecule has 0 bridgehead atoms. The van der Waals surface area contributed by atoms with Crippen LogP contribution in [0.15, 0.2) is 24.3 Å². The standard InChI is InChI=1S/C17H27NO/c1-3-12-18-14(2)13-15-8-10-17(11-9-15)19-16-6-4-5-7-16/h8-11,14,16,18H,3-7,12-13H2,1-2H3. The summed E-state index contributed by atoms with van der Waals surface area (Å²) < 4.78 is 5.98. The van der Waals surface area contributed by atoms with Crippen molar-refractivity contribution in [2.45, 2.75) is 64.5 Å². The van der Waals surface area contributed by atoms with Gasteiger partial charge in [0.1, 0.15) is 5.75 Å². The lowest BCUT2D eigenvalue weighted by Crippen LogP contribution is -2.28. The van der Waals surface area contributed by atoms with Crippen LogP contribution in [0.2, 0.25) is 0 Å². The van der Waals surface area contributed by atoms with Crippen molar-refractivity contribution in [3.63, 3.8) is 0 Å². The molecule has 1 aliphatic rings. The summed E-state index contributed by atoms with van der Waals surface area (Å²) in [5.74, 6) is 1.03. The van der Waals surface area contributed by atoms with Gasteiger partial charge in [-0.15, -0.1) is 0 Å². The molecule has 1 aromatic rings. The van der Waals surface area contributed by atoms with E-state index in [-0.39, 0.29) is 0 Å². The third-order valence-electron chi connectivity index (χ3n) is 3.81. The molecule has 1 saturated carbocycles. The fourth-order valence-electron chi connectivity index (χ4n) is 2.72. The van der Waals surface area contributed by atoms with Gasteiger partial charge in [-0.1, -0.05) is 19.1 Å². The van der Waals surface area contributed by atoms with Gasteiger partial charge in [0.2, 0.25) is 0 Å². The van der Waals surface area contributed by atoms with Crippen LogP contribution in [-0.2, 0) is 6.42 Å². The van der Waals surface area contributed by atoms with Crippen LogP contribution < -0.4 is 10.1 Å². The van der Waals surface area contributed by atoms with Crippen molar-refractivity contribution < 1.29 is 4.74 Å². The van der Waals surface area contributed by atoms with E-state index in [2.05, 4.69) is 43.4 Å². The predicted octanol–water partition coefficient (Wildman–Crippen LogP) is 3.94. The fourth-order valence-corrected chi connectivity index (χ4v) is 2.72. The molecule has 0 heterocycles. The van der Waals surface area contributed by atoms with Crippen LogP contribution in [-0.4, -0.2) is 18.7 Å². The maximum Gasteiger partial charge on any atom is 0.119 e. The Morgan fingerprint density at radius 1 is 1.21 bits per heavy atom. The highest BCUT2D eigenvalue weighted by atomic mass is 16.5. The lowest BCUT2D eigenvalue weighted by Gasteiger charge is -2.15. The maximum absolute atomic E-state index is 5.98. The van der Waals surface area contributed by atoms with Gasteiger partial charge in [0.15, 0.2) is 0 Å². The Bertz CT molecular complexity index is 354. The zero-order chi connectivity index (χ0) is 13.5. The van der Waals surface area contributed by atoms with E-state index >= 15 is 0 Å². The molecule has 0 spiro atoms. The van der Waals surface area contributed by atoms with E-state index in [9.17, 15) is 0 Å². The Morgan fingerprint density at radius 2 is 1.89 bits per heavy atom. The summed E-state index contributed by atoms with van der Waals surface area (Å²) in [7, 11) is 0. The number of benzene rings is 1. The molecular formula is C17H27NO. The highest BCUT2D eigenvalue weighted by Gasteiger charge is 2.16. The molecule has 1 unspecified atom stereocenters. The second kappa shape index (κ2) is 7.54. The van der Waals surface area contributed by atoms with E-state index in [1.165, 1.54) is 37.7 Å². The summed E-state index contributed by atoms with van der Waals surface area (Å²) in [6.45, 7) is 5.55. The third kappa shape index (κ3) is 4.87. The molecule has 0 aliphatic heterocycles.